The predicted octanol–water partition coefficient (Wildman–Crippen LogP) is 5.53. The van der Waals surface area contributed by atoms with Crippen molar-refractivity contribution < 1.29 is 4.92 Å². The lowest BCUT2D eigenvalue weighted by molar-refractivity contribution is -0.384. The highest BCUT2D eigenvalue weighted by atomic mass is 79.9. The van der Waals surface area contributed by atoms with Gasteiger partial charge in [0.05, 0.1) is 15.3 Å². The standard InChI is InChI=1S/C14H10BrCl2NO2/c15-12-8-10(3-6-13(12)16)14(17)7-9-1-4-11(5-2-9)18(19)20/h1-6,8,14H,7H2. The Labute approximate surface area is 134 Å². The minimum atomic E-state index is -0.418. The second-order valence-electron chi connectivity index (χ2n) is 4.27. The van der Waals surface area contributed by atoms with E-state index in [1.165, 1.54) is 12.1 Å². The van der Waals surface area contributed by atoms with Gasteiger partial charge in [-0.15, -0.1) is 11.6 Å². The summed E-state index contributed by atoms with van der Waals surface area (Å²) in [6.45, 7) is 0. The summed E-state index contributed by atoms with van der Waals surface area (Å²) in [7, 11) is 0. The average Bonchev–Trinajstić information content (AvgIpc) is 2.42. The molecule has 0 aliphatic heterocycles. The van der Waals surface area contributed by atoms with Crippen molar-refractivity contribution in [2.75, 3.05) is 0 Å². The van der Waals surface area contributed by atoms with Crippen molar-refractivity contribution in [2.24, 2.45) is 0 Å². The lowest BCUT2D eigenvalue weighted by atomic mass is 10.0. The third-order valence-corrected chi connectivity index (χ3v) is 4.49. The molecule has 0 amide bonds. The number of hydrogen-bond donors (Lipinski definition) is 0. The fourth-order valence-corrected chi connectivity index (χ4v) is 2.61. The van der Waals surface area contributed by atoms with Crippen LogP contribution in [0.15, 0.2) is 46.9 Å². The molecule has 0 radical (unpaired) electrons. The zero-order chi connectivity index (χ0) is 14.7. The van der Waals surface area contributed by atoms with E-state index >= 15 is 0 Å². The van der Waals surface area contributed by atoms with Gasteiger partial charge in [-0.1, -0.05) is 29.8 Å². The number of benzene rings is 2. The van der Waals surface area contributed by atoms with Gasteiger partial charge in [0.1, 0.15) is 0 Å². The van der Waals surface area contributed by atoms with Crippen molar-refractivity contribution in [3.63, 3.8) is 0 Å². The van der Waals surface area contributed by atoms with Crippen LogP contribution in [0.3, 0.4) is 0 Å². The number of rotatable bonds is 4. The molecule has 0 bridgehead atoms. The first-order valence-electron chi connectivity index (χ1n) is 5.79. The molecule has 104 valence electrons. The first-order chi connectivity index (χ1) is 9.47. The van der Waals surface area contributed by atoms with E-state index in [1.807, 2.05) is 12.1 Å². The maximum Gasteiger partial charge on any atom is 0.269 e. The van der Waals surface area contributed by atoms with Crippen LogP contribution in [0.1, 0.15) is 16.5 Å². The van der Waals surface area contributed by atoms with E-state index < -0.39 is 4.92 Å². The number of nitro groups is 1. The Balaban J connectivity index is 2.12. The van der Waals surface area contributed by atoms with Crippen molar-refractivity contribution in [3.8, 4) is 0 Å². The van der Waals surface area contributed by atoms with Crippen LogP contribution in [0.4, 0.5) is 5.69 Å². The first kappa shape index (κ1) is 15.3. The minimum absolute atomic E-state index is 0.0779. The van der Waals surface area contributed by atoms with Gasteiger partial charge < -0.3 is 0 Å². The van der Waals surface area contributed by atoms with Crippen molar-refractivity contribution in [3.05, 3.63) is 73.2 Å². The molecule has 0 spiro atoms. The molecule has 20 heavy (non-hydrogen) atoms. The van der Waals surface area contributed by atoms with E-state index in [2.05, 4.69) is 15.9 Å². The summed E-state index contributed by atoms with van der Waals surface area (Å²) in [4.78, 5) is 10.2. The molecule has 6 heteroatoms. The minimum Gasteiger partial charge on any atom is -0.258 e. The SMILES string of the molecule is O=[N+]([O-])c1ccc(CC(Cl)c2ccc(Cl)c(Br)c2)cc1. The Kier molecular flexibility index (Phi) is 5.02. The molecule has 3 nitrogen and oxygen atoms in total. The fourth-order valence-electron chi connectivity index (χ4n) is 1.79. The van der Waals surface area contributed by atoms with Crippen molar-refractivity contribution in [1.29, 1.82) is 0 Å². The van der Waals surface area contributed by atoms with Crippen LogP contribution in [0.5, 0.6) is 0 Å². The molecule has 0 aliphatic carbocycles. The summed E-state index contributed by atoms with van der Waals surface area (Å²) in [5.74, 6) is 0. The average molecular weight is 375 g/mol. The smallest absolute Gasteiger partial charge is 0.258 e. The molecule has 0 heterocycles. The van der Waals surface area contributed by atoms with E-state index in [4.69, 9.17) is 23.2 Å². The van der Waals surface area contributed by atoms with Gasteiger partial charge in [0.15, 0.2) is 0 Å². The van der Waals surface area contributed by atoms with E-state index in [-0.39, 0.29) is 11.1 Å². The lowest BCUT2D eigenvalue weighted by Crippen LogP contribution is -1.96. The summed E-state index contributed by atoms with van der Waals surface area (Å²) < 4.78 is 0.797. The monoisotopic (exact) mass is 373 g/mol. The van der Waals surface area contributed by atoms with Crippen LogP contribution in [0, 0.1) is 10.1 Å². The quantitative estimate of drug-likeness (QED) is 0.401. The van der Waals surface area contributed by atoms with Gasteiger partial charge in [0.25, 0.3) is 5.69 Å². The molecular formula is C14H10BrCl2NO2. The predicted molar refractivity (Wildman–Crippen MR) is 84.5 cm³/mol. The van der Waals surface area contributed by atoms with E-state index in [0.717, 1.165) is 15.6 Å². The molecule has 0 saturated carbocycles. The molecule has 0 fully saturated rings. The van der Waals surface area contributed by atoms with Crippen LogP contribution in [-0.4, -0.2) is 4.92 Å². The highest BCUT2D eigenvalue weighted by Gasteiger charge is 2.12. The molecule has 0 saturated heterocycles. The van der Waals surface area contributed by atoms with Crippen molar-refractivity contribution >= 4 is 44.8 Å². The topological polar surface area (TPSA) is 43.1 Å². The van der Waals surface area contributed by atoms with Gasteiger partial charge in [0, 0.05) is 16.6 Å². The molecule has 2 rings (SSSR count). The van der Waals surface area contributed by atoms with E-state index in [0.29, 0.717) is 11.4 Å². The van der Waals surface area contributed by atoms with Gasteiger partial charge in [-0.05, 0) is 45.6 Å². The highest BCUT2D eigenvalue weighted by Crippen LogP contribution is 2.31. The second kappa shape index (κ2) is 6.57. The Morgan fingerprint density at radius 3 is 2.40 bits per heavy atom. The number of alkyl halides is 1. The molecule has 0 aromatic heterocycles. The van der Waals surface area contributed by atoms with Crippen molar-refractivity contribution in [1.82, 2.24) is 0 Å². The van der Waals surface area contributed by atoms with Crippen molar-refractivity contribution in [2.45, 2.75) is 11.8 Å². The summed E-state index contributed by atoms with van der Waals surface area (Å²) in [6, 6.07) is 11.9. The van der Waals surface area contributed by atoms with Crippen LogP contribution >= 0.6 is 39.1 Å². The molecule has 0 N–H and O–H groups in total. The highest BCUT2D eigenvalue weighted by molar-refractivity contribution is 9.10. The summed E-state index contributed by atoms with van der Waals surface area (Å²) >= 11 is 15.7. The Bertz CT molecular complexity index is 632. The van der Waals surface area contributed by atoms with E-state index in [9.17, 15) is 10.1 Å². The molecule has 2 aromatic carbocycles. The molecular weight excluding hydrogens is 365 g/mol. The Morgan fingerprint density at radius 1 is 1.20 bits per heavy atom. The third-order valence-electron chi connectivity index (χ3n) is 2.87. The molecule has 2 aromatic rings. The number of halogens is 3. The first-order valence-corrected chi connectivity index (χ1v) is 7.40. The second-order valence-corrected chi connectivity index (χ2v) is 6.06. The van der Waals surface area contributed by atoms with Gasteiger partial charge in [0.2, 0.25) is 0 Å². The van der Waals surface area contributed by atoms with Crippen LogP contribution < -0.4 is 0 Å². The van der Waals surface area contributed by atoms with Gasteiger partial charge in [-0.3, -0.25) is 10.1 Å². The Morgan fingerprint density at radius 2 is 1.85 bits per heavy atom. The number of nitrogens with zero attached hydrogens (tertiary/aromatic N) is 1. The lowest BCUT2D eigenvalue weighted by Gasteiger charge is -2.11. The van der Waals surface area contributed by atoms with Gasteiger partial charge in [-0.2, -0.15) is 0 Å². The van der Waals surface area contributed by atoms with Crippen LogP contribution in [0.2, 0.25) is 5.02 Å². The van der Waals surface area contributed by atoms with E-state index in [1.54, 1.807) is 18.2 Å². The number of nitro benzene ring substituents is 1. The van der Waals surface area contributed by atoms with Gasteiger partial charge in [-0.25, -0.2) is 0 Å². The van der Waals surface area contributed by atoms with Crippen LogP contribution in [0.25, 0.3) is 0 Å². The molecule has 0 aliphatic rings. The van der Waals surface area contributed by atoms with Crippen LogP contribution in [-0.2, 0) is 6.42 Å². The normalized spacial score (nSPS) is 12.2. The fraction of sp³-hybridized carbons (Fsp3) is 0.143. The van der Waals surface area contributed by atoms with Gasteiger partial charge >= 0.3 is 0 Å². The zero-order valence-corrected chi connectivity index (χ0v) is 13.3. The summed E-state index contributed by atoms with van der Waals surface area (Å²) in [5, 5.41) is 11.0. The maximum absolute atomic E-state index is 10.6. The Hall–Kier alpha value is -1.10. The molecule has 1 atom stereocenters. The number of non-ortho nitro benzene ring substituents is 1. The largest absolute Gasteiger partial charge is 0.269 e. The zero-order valence-electron chi connectivity index (χ0n) is 10.2. The summed E-state index contributed by atoms with van der Waals surface area (Å²) in [5.41, 5.74) is 1.97. The molecule has 1 unspecified atom stereocenters. The maximum atomic E-state index is 10.6. The third kappa shape index (κ3) is 3.72. The number of hydrogen-bond acceptors (Lipinski definition) is 2. The summed E-state index contributed by atoms with van der Waals surface area (Å²) in [6.07, 6.45) is 0.591.